The van der Waals surface area contributed by atoms with E-state index < -0.39 is 0 Å². The van der Waals surface area contributed by atoms with Crippen LogP contribution in [-0.4, -0.2) is 52.3 Å². The molecule has 0 aliphatic carbocycles. The number of hydrogen-bond acceptors (Lipinski definition) is 4. The quantitative estimate of drug-likeness (QED) is 0.808. The zero-order chi connectivity index (χ0) is 19.2. The fourth-order valence-electron chi connectivity index (χ4n) is 3.41. The molecule has 0 spiro atoms. The van der Waals surface area contributed by atoms with E-state index in [1.54, 1.807) is 14.2 Å². The van der Waals surface area contributed by atoms with Crippen molar-refractivity contribution in [1.29, 1.82) is 0 Å². The highest BCUT2D eigenvalue weighted by Gasteiger charge is 2.29. The number of benzene rings is 2. The number of nitrogens with zero attached hydrogens (tertiary/aromatic N) is 1. The average molecular weight is 370 g/mol. The number of nitrogens with one attached hydrogen (secondary N) is 2. The summed E-state index contributed by atoms with van der Waals surface area (Å²) in [6.07, 6.45) is 0. The molecule has 27 heavy (non-hydrogen) atoms. The monoisotopic (exact) mass is 370 g/mol. The molecule has 1 heterocycles. The van der Waals surface area contributed by atoms with Crippen LogP contribution in [0.15, 0.2) is 48.5 Å². The van der Waals surface area contributed by atoms with Crippen LogP contribution in [0.25, 0.3) is 0 Å². The minimum absolute atomic E-state index is 0.0381. The Morgan fingerprint density at radius 1 is 1.04 bits per heavy atom. The normalized spacial score (nSPS) is 15.9. The maximum Gasteiger partial charge on any atom is 0.282 e. The predicted octanol–water partition coefficient (Wildman–Crippen LogP) is 1.44. The van der Waals surface area contributed by atoms with Crippen LogP contribution >= 0.6 is 0 Å². The Hall–Kier alpha value is -2.73. The summed E-state index contributed by atoms with van der Waals surface area (Å²) in [7, 11) is 3.30. The number of carbonyl (C=O) groups is 1. The van der Waals surface area contributed by atoms with Crippen molar-refractivity contribution < 1.29 is 19.2 Å². The van der Waals surface area contributed by atoms with E-state index >= 15 is 0 Å². The molecule has 0 radical (unpaired) electrons. The van der Waals surface area contributed by atoms with Crippen LogP contribution in [0, 0.1) is 0 Å². The molecule has 144 valence electrons. The van der Waals surface area contributed by atoms with Gasteiger partial charge in [0, 0.05) is 17.4 Å². The molecule has 1 atom stereocenters. The minimum atomic E-state index is -0.103. The van der Waals surface area contributed by atoms with Gasteiger partial charge in [-0.2, -0.15) is 0 Å². The second kappa shape index (κ2) is 8.77. The molecule has 1 aliphatic rings. The molecule has 2 N–H and O–H groups in total. The number of anilines is 2. The maximum absolute atomic E-state index is 12.6. The molecule has 3 rings (SSSR count). The van der Waals surface area contributed by atoms with Gasteiger partial charge in [-0.3, -0.25) is 4.79 Å². The standard InChI is InChI=1S/C21H27N3O3/c1-16(21(25)22-17-5-4-6-20(15-17)27-3)23-11-13-24(14-12-23)18-7-9-19(26-2)10-8-18/h4-10,15-16H,11-14H2,1-3H3,(H,22,25)/p+1/t16-/m1/s1. The van der Waals surface area contributed by atoms with Gasteiger partial charge in [0.25, 0.3) is 5.91 Å². The van der Waals surface area contributed by atoms with E-state index in [1.165, 1.54) is 10.6 Å². The molecular formula is C21H28N3O3+. The molecule has 0 unspecified atom stereocenters. The second-order valence-corrected chi connectivity index (χ2v) is 6.79. The number of quaternary nitrogens is 1. The number of methoxy groups -OCH3 is 2. The molecule has 0 saturated carbocycles. The van der Waals surface area contributed by atoms with Crippen molar-refractivity contribution in [3.8, 4) is 11.5 Å². The van der Waals surface area contributed by atoms with E-state index in [0.29, 0.717) is 0 Å². The van der Waals surface area contributed by atoms with Gasteiger partial charge in [0.1, 0.15) is 11.5 Å². The first-order valence-electron chi connectivity index (χ1n) is 9.29. The molecular weight excluding hydrogens is 342 g/mol. The summed E-state index contributed by atoms with van der Waals surface area (Å²) in [5.74, 6) is 1.64. The summed E-state index contributed by atoms with van der Waals surface area (Å²) in [5, 5.41) is 3.00. The van der Waals surface area contributed by atoms with Crippen molar-refractivity contribution in [2.45, 2.75) is 13.0 Å². The van der Waals surface area contributed by atoms with Gasteiger partial charge >= 0.3 is 0 Å². The summed E-state index contributed by atoms with van der Waals surface area (Å²) in [5.41, 5.74) is 1.96. The van der Waals surface area contributed by atoms with Gasteiger partial charge in [0.15, 0.2) is 6.04 Å². The Bertz CT molecular complexity index is 756. The number of piperazine rings is 1. The molecule has 1 amide bonds. The van der Waals surface area contributed by atoms with Crippen molar-refractivity contribution in [2.24, 2.45) is 0 Å². The fourth-order valence-corrected chi connectivity index (χ4v) is 3.41. The van der Waals surface area contributed by atoms with Gasteiger partial charge < -0.3 is 24.6 Å². The van der Waals surface area contributed by atoms with Crippen molar-refractivity contribution in [2.75, 3.05) is 50.6 Å². The maximum atomic E-state index is 12.6. The first-order valence-corrected chi connectivity index (χ1v) is 9.29. The Labute approximate surface area is 160 Å². The molecule has 2 aromatic carbocycles. The zero-order valence-corrected chi connectivity index (χ0v) is 16.2. The lowest BCUT2D eigenvalue weighted by atomic mass is 10.2. The highest BCUT2D eigenvalue weighted by atomic mass is 16.5. The van der Waals surface area contributed by atoms with Crippen LogP contribution in [0.5, 0.6) is 11.5 Å². The molecule has 1 saturated heterocycles. The Morgan fingerprint density at radius 3 is 2.33 bits per heavy atom. The third-order valence-electron chi connectivity index (χ3n) is 5.19. The lowest BCUT2D eigenvalue weighted by molar-refractivity contribution is -0.914. The van der Waals surface area contributed by atoms with Gasteiger partial charge in [-0.1, -0.05) is 6.07 Å². The molecule has 6 nitrogen and oxygen atoms in total. The van der Waals surface area contributed by atoms with Crippen molar-refractivity contribution in [3.63, 3.8) is 0 Å². The summed E-state index contributed by atoms with van der Waals surface area (Å²) in [6, 6.07) is 15.5. The van der Waals surface area contributed by atoms with E-state index in [1.807, 2.05) is 43.3 Å². The van der Waals surface area contributed by atoms with E-state index in [9.17, 15) is 4.79 Å². The summed E-state index contributed by atoms with van der Waals surface area (Å²) in [6.45, 7) is 5.71. The molecule has 0 bridgehead atoms. The summed E-state index contributed by atoms with van der Waals surface area (Å²) in [4.78, 5) is 16.3. The number of rotatable bonds is 6. The van der Waals surface area contributed by atoms with E-state index in [4.69, 9.17) is 9.47 Å². The first kappa shape index (κ1) is 19.0. The number of ether oxygens (including phenoxy) is 2. The van der Waals surface area contributed by atoms with E-state index in [0.717, 1.165) is 43.4 Å². The van der Waals surface area contributed by atoms with Gasteiger partial charge in [-0.25, -0.2) is 0 Å². The number of carbonyl (C=O) groups excluding carboxylic acids is 1. The largest absolute Gasteiger partial charge is 0.497 e. The first-order chi connectivity index (χ1) is 13.1. The molecule has 2 aromatic rings. The third-order valence-corrected chi connectivity index (χ3v) is 5.19. The number of hydrogen-bond donors (Lipinski definition) is 2. The van der Waals surface area contributed by atoms with Gasteiger partial charge in [-0.05, 0) is 43.3 Å². The Balaban J connectivity index is 1.54. The van der Waals surface area contributed by atoms with E-state index in [-0.39, 0.29) is 11.9 Å². The average Bonchev–Trinajstić information content (AvgIpc) is 2.73. The summed E-state index contributed by atoms with van der Waals surface area (Å²) >= 11 is 0. The summed E-state index contributed by atoms with van der Waals surface area (Å²) < 4.78 is 10.4. The lowest BCUT2D eigenvalue weighted by Gasteiger charge is -2.36. The van der Waals surface area contributed by atoms with Gasteiger partial charge in [-0.15, -0.1) is 0 Å². The van der Waals surface area contributed by atoms with Crippen LogP contribution in [0.3, 0.4) is 0 Å². The van der Waals surface area contributed by atoms with Crippen LogP contribution in [0.4, 0.5) is 11.4 Å². The highest BCUT2D eigenvalue weighted by Crippen LogP contribution is 2.19. The van der Waals surface area contributed by atoms with E-state index in [2.05, 4.69) is 22.3 Å². The van der Waals surface area contributed by atoms with Gasteiger partial charge in [0.05, 0.1) is 40.4 Å². The number of amides is 1. The zero-order valence-electron chi connectivity index (χ0n) is 16.2. The highest BCUT2D eigenvalue weighted by molar-refractivity contribution is 5.93. The lowest BCUT2D eigenvalue weighted by Crippen LogP contribution is -3.19. The van der Waals surface area contributed by atoms with Crippen LogP contribution < -0.4 is 24.6 Å². The van der Waals surface area contributed by atoms with Gasteiger partial charge in [0.2, 0.25) is 0 Å². The molecule has 1 aliphatic heterocycles. The second-order valence-electron chi connectivity index (χ2n) is 6.79. The van der Waals surface area contributed by atoms with Crippen molar-refractivity contribution >= 4 is 17.3 Å². The van der Waals surface area contributed by atoms with Crippen molar-refractivity contribution in [3.05, 3.63) is 48.5 Å². The molecule has 0 aromatic heterocycles. The SMILES string of the molecule is COc1ccc(N2CC[NH+]([C@H](C)C(=O)Nc3cccc(OC)c3)CC2)cc1. The van der Waals surface area contributed by atoms with Crippen molar-refractivity contribution in [1.82, 2.24) is 0 Å². The Kier molecular flexibility index (Phi) is 6.19. The van der Waals surface area contributed by atoms with Crippen LogP contribution in [0.1, 0.15) is 6.92 Å². The molecule has 6 heteroatoms. The van der Waals surface area contributed by atoms with Crippen LogP contribution in [-0.2, 0) is 4.79 Å². The minimum Gasteiger partial charge on any atom is -0.497 e. The topological polar surface area (TPSA) is 55.2 Å². The smallest absolute Gasteiger partial charge is 0.282 e. The fraction of sp³-hybridized carbons (Fsp3) is 0.381. The molecule has 1 fully saturated rings. The predicted molar refractivity (Wildman–Crippen MR) is 107 cm³/mol. The third kappa shape index (κ3) is 4.71. The van der Waals surface area contributed by atoms with Crippen LogP contribution in [0.2, 0.25) is 0 Å². The Morgan fingerprint density at radius 2 is 1.70 bits per heavy atom.